The highest BCUT2D eigenvalue weighted by Gasteiger charge is 2.63. The minimum atomic E-state index is -1.97. The predicted octanol–water partition coefficient (Wildman–Crippen LogP) is -0.823. The van der Waals surface area contributed by atoms with Gasteiger partial charge in [0.2, 0.25) is 0 Å². The van der Waals surface area contributed by atoms with Crippen molar-refractivity contribution in [3.63, 3.8) is 0 Å². The summed E-state index contributed by atoms with van der Waals surface area (Å²) in [6.45, 7) is 9.06. The highest BCUT2D eigenvalue weighted by Crippen LogP contribution is 2.66. The average Bonchev–Trinajstić information content (AvgIpc) is 3.52. The van der Waals surface area contributed by atoms with Crippen molar-refractivity contribution in [3.05, 3.63) is 11.6 Å². The first kappa shape index (κ1) is 48.4. The topological polar surface area (TPSA) is 292 Å². The molecule has 10 N–H and O–H groups in total. The maximum absolute atomic E-state index is 13.8. The van der Waals surface area contributed by atoms with E-state index in [9.17, 15) is 60.7 Å². The molecular formula is C44H70O18. The van der Waals surface area contributed by atoms with Gasteiger partial charge in [0.25, 0.3) is 0 Å². The van der Waals surface area contributed by atoms with Crippen molar-refractivity contribution >= 4 is 11.6 Å². The molecule has 3 heterocycles. The van der Waals surface area contributed by atoms with Gasteiger partial charge in [0.1, 0.15) is 72.6 Å². The zero-order valence-electron chi connectivity index (χ0n) is 36.3. The molecule has 24 unspecified atom stereocenters. The fourth-order valence-corrected chi connectivity index (χ4v) is 12.3. The SMILES string of the molecule is CC(CO)CCC(=O)C(C)C1C(=O)CC2C3CC=C4CC(OC5OC(CO)C(OC6OC(O)C(O)C(O)C6O)C(O)C5OC5OC(C)C(O)C(O)C5O)CCC4(C)C3CCC21C. The first-order valence-corrected chi connectivity index (χ1v) is 22.6. The number of hydrogen-bond acceptors (Lipinski definition) is 18. The van der Waals surface area contributed by atoms with Crippen LogP contribution in [0.5, 0.6) is 0 Å². The van der Waals surface area contributed by atoms with Gasteiger partial charge in [-0.15, -0.1) is 0 Å². The fraction of sp³-hybridized carbons (Fsp3) is 0.909. The molecule has 18 heteroatoms. The quantitative estimate of drug-likeness (QED) is 0.101. The molecule has 0 bridgehead atoms. The third kappa shape index (κ3) is 8.75. The first-order valence-electron chi connectivity index (χ1n) is 22.6. The van der Waals surface area contributed by atoms with Gasteiger partial charge in [-0.2, -0.15) is 0 Å². The molecule has 6 fully saturated rings. The Kier molecular flexibility index (Phi) is 14.8. The highest BCUT2D eigenvalue weighted by atomic mass is 16.8. The fourth-order valence-electron chi connectivity index (χ4n) is 12.3. The molecule has 3 aliphatic heterocycles. The van der Waals surface area contributed by atoms with Gasteiger partial charge in [-0.1, -0.05) is 39.3 Å². The number of hydrogen-bond donors (Lipinski definition) is 10. The number of ketones is 2. The second kappa shape index (κ2) is 19.0. The minimum absolute atomic E-state index is 0.0234. The van der Waals surface area contributed by atoms with Crippen LogP contribution in [-0.4, -0.2) is 174 Å². The molecule has 7 aliphatic rings. The van der Waals surface area contributed by atoms with Crippen LogP contribution in [-0.2, 0) is 38.0 Å². The number of aliphatic hydroxyl groups excluding tert-OH is 10. The van der Waals surface area contributed by atoms with E-state index in [1.54, 1.807) is 0 Å². The molecule has 0 amide bonds. The summed E-state index contributed by atoms with van der Waals surface area (Å²) in [5, 5.41) is 105. The summed E-state index contributed by atoms with van der Waals surface area (Å²) in [4.78, 5) is 27.2. The molecule has 4 aliphatic carbocycles. The lowest BCUT2D eigenvalue weighted by molar-refractivity contribution is -0.397. The molecule has 18 nitrogen and oxygen atoms in total. The third-order valence-electron chi connectivity index (χ3n) is 16.2. The van der Waals surface area contributed by atoms with Crippen molar-refractivity contribution in [1.82, 2.24) is 0 Å². The Hall–Kier alpha value is -1.56. The van der Waals surface area contributed by atoms with Crippen LogP contribution in [0, 0.1) is 46.3 Å². The number of aliphatic hydroxyl groups is 10. The van der Waals surface area contributed by atoms with E-state index in [-0.39, 0.29) is 58.6 Å². The number of allylic oxidation sites excluding steroid dienone is 1. The maximum atomic E-state index is 13.8. The molecule has 354 valence electrons. The van der Waals surface area contributed by atoms with Gasteiger partial charge in [0, 0.05) is 31.3 Å². The summed E-state index contributed by atoms with van der Waals surface area (Å²) >= 11 is 0. The van der Waals surface area contributed by atoms with Crippen LogP contribution in [0.2, 0.25) is 0 Å². The monoisotopic (exact) mass is 886 g/mol. The molecule has 0 spiro atoms. The predicted molar refractivity (Wildman–Crippen MR) is 213 cm³/mol. The normalized spacial score (nSPS) is 50.5. The Bertz CT molecular complexity index is 1610. The molecule has 62 heavy (non-hydrogen) atoms. The Morgan fingerprint density at radius 2 is 1.44 bits per heavy atom. The van der Waals surface area contributed by atoms with E-state index >= 15 is 0 Å². The second-order valence-electron chi connectivity index (χ2n) is 20.0. The van der Waals surface area contributed by atoms with Crippen LogP contribution in [0.4, 0.5) is 0 Å². The zero-order chi connectivity index (χ0) is 45.2. The smallest absolute Gasteiger partial charge is 0.189 e. The van der Waals surface area contributed by atoms with Crippen LogP contribution in [0.15, 0.2) is 11.6 Å². The second-order valence-corrected chi connectivity index (χ2v) is 20.0. The number of rotatable bonds is 13. The Morgan fingerprint density at radius 1 is 0.774 bits per heavy atom. The Morgan fingerprint density at radius 3 is 2.11 bits per heavy atom. The van der Waals surface area contributed by atoms with E-state index in [0.717, 1.165) is 25.7 Å². The van der Waals surface area contributed by atoms with Crippen molar-refractivity contribution in [1.29, 1.82) is 0 Å². The molecule has 3 saturated carbocycles. The van der Waals surface area contributed by atoms with E-state index < -0.39 is 105 Å². The summed E-state index contributed by atoms with van der Waals surface area (Å²) in [6.07, 6.45) is -17.1. The number of ether oxygens (including phenoxy) is 6. The molecule has 7 rings (SSSR count). The number of Topliss-reactive ketones (excluding diaryl/α,β-unsaturated/α-hetero) is 2. The Balaban J connectivity index is 1.08. The average molecular weight is 887 g/mol. The highest BCUT2D eigenvalue weighted by molar-refractivity contribution is 5.92. The van der Waals surface area contributed by atoms with Crippen LogP contribution < -0.4 is 0 Å². The number of fused-ring (bicyclic) bond motifs is 5. The largest absolute Gasteiger partial charge is 0.396 e. The van der Waals surface area contributed by atoms with Crippen molar-refractivity contribution in [2.45, 2.75) is 191 Å². The van der Waals surface area contributed by atoms with Gasteiger partial charge in [-0.05, 0) is 86.4 Å². The van der Waals surface area contributed by atoms with Gasteiger partial charge < -0.3 is 79.5 Å². The van der Waals surface area contributed by atoms with E-state index in [1.165, 1.54) is 12.5 Å². The minimum Gasteiger partial charge on any atom is -0.396 e. The van der Waals surface area contributed by atoms with Gasteiger partial charge in [-0.25, -0.2) is 0 Å². The summed E-state index contributed by atoms with van der Waals surface area (Å²) in [6, 6.07) is 0. The summed E-state index contributed by atoms with van der Waals surface area (Å²) < 4.78 is 35.6. The number of carbonyl (C=O) groups is 2. The van der Waals surface area contributed by atoms with Gasteiger partial charge in [-0.3, -0.25) is 9.59 Å². The third-order valence-corrected chi connectivity index (χ3v) is 16.2. The molecule has 0 aromatic carbocycles. The van der Waals surface area contributed by atoms with E-state index in [2.05, 4.69) is 19.9 Å². The lowest BCUT2D eigenvalue weighted by atomic mass is 9.47. The van der Waals surface area contributed by atoms with Gasteiger partial charge >= 0.3 is 0 Å². The molecule has 0 aromatic heterocycles. The van der Waals surface area contributed by atoms with Crippen molar-refractivity contribution in [3.8, 4) is 0 Å². The zero-order valence-corrected chi connectivity index (χ0v) is 36.3. The molecule has 3 saturated heterocycles. The molecular weight excluding hydrogens is 816 g/mol. The lowest BCUT2D eigenvalue weighted by Crippen LogP contribution is -2.66. The van der Waals surface area contributed by atoms with E-state index in [0.29, 0.717) is 38.0 Å². The molecule has 24 atom stereocenters. The summed E-state index contributed by atoms with van der Waals surface area (Å²) in [7, 11) is 0. The van der Waals surface area contributed by atoms with Gasteiger partial charge in [0.05, 0.1) is 18.8 Å². The lowest BCUT2D eigenvalue weighted by Gasteiger charge is -2.58. The molecule has 0 radical (unpaired) electrons. The van der Waals surface area contributed by atoms with Crippen LogP contribution in [0.25, 0.3) is 0 Å². The summed E-state index contributed by atoms with van der Waals surface area (Å²) in [5.41, 5.74) is 0.717. The van der Waals surface area contributed by atoms with E-state index in [4.69, 9.17) is 28.4 Å². The van der Waals surface area contributed by atoms with E-state index in [1.807, 2.05) is 13.8 Å². The van der Waals surface area contributed by atoms with Crippen molar-refractivity contribution in [2.75, 3.05) is 13.2 Å². The molecule has 0 aromatic rings. The maximum Gasteiger partial charge on any atom is 0.189 e. The standard InChI is InChI=1S/C44H70O18/c1-18(16-45)6-9-26(47)19(2)29-27(48)15-25-23-8-7-21-14-22(10-12-43(21,4)24(23)11-13-44(25,29)5)58-42-38(61-40-34(53)31(50)30(49)20(3)57-40)36(55)37(28(17-46)59-42)60-41-35(54)32(51)33(52)39(56)62-41/h7,18-20,22-25,28-42,45-46,49-56H,6,8-17H2,1-5H3. The Labute approximate surface area is 362 Å². The number of carbonyl (C=O) groups excluding carboxylic acids is 2. The van der Waals surface area contributed by atoms with Gasteiger partial charge in [0.15, 0.2) is 25.2 Å². The van der Waals surface area contributed by atoms with Crippen LogP contribution >= 0.6 is 0 Å². The summed E-state index contributed by atoms with van der Waals surface area (Å²) in [5.74, 6) is 0.285. The van der Waals surface area contributed by atoms with Crippen LogP contribution in [0.1, 0.15) is 92.4 Å². The van der Waals surface area contributed by atoms with Crippen molar-refractivity contribution < 1.29 is 89.1 Å². The van der Waals surface area contributed by atoms with Crippen molar-refractivity contribution in [2.24, 2.45) is 46.3 Å². The van der Waals surface area contributed by atoms with Crippen LogP contribution in [0.3, 0.4) is 0 Å². The first-order chi connectivity index (χ1) is 29.2.